The van der Waals surface area contributed by atoms with Gasteiger partial charge >= 0.3 is 11.9 Å². The van der Waals surface area contributed by atoms with Gasteiger partial charge in [-0.2, -0.15) is 0 Å². The second-order valence-electron chi connectivity index (χ2n) is 28.5. The highest BCUT2D eigenvalue weighted by molar-refractivity contribution is 5.79. The number of allylic oxidation sites excluding steroid dienone is 2. The number of rotatable bonds is 15. The minimum atomic E-state index is -2.09. The van der Waals surface area contributed by atoms with Gasteiger partial charge in [-0.1, -0.05) is 46.3 Å². The lowest BCUT2D eigenvalue weighted by molar-refractivity contribution is -0.364. The Balaban J connectivity index is 0.902. The molecule has 0 unspecified atom stereocenters. The number of carboxylic acids is 1. The molecule has 0 amide bonds. The normalized spacial score (nSPS) is 53.7. The summed E-state index contributed by atoms with van der Waals surface area (Å²) in [6, 6.07) is 0. The smallest absolute Gasteiger partial charge is 0.315 e. The maximum Gasteiger partial charge on any atom is 0.315 e. The van der Waals surface area contributed by atoms with Crippen molar-refractivity contribution in [3.63, 3.8) is 0 Å². The van der Waals surface area contributed by atoms with Gasteiger partial charge in [0.15, 0.2) is 25.2 Å². The molecule has 0 spiro atoms. The fraction of sp³-hybridized carbons (Fsp3) is 0.932. The first-order valence-electron chi connectivity index (χ1n) is 30.9. The molecule has 10 rings (SSSR count). The van der Waals surface area contributed by atoms with Gasteiger partial charge in [0.25, 0.3) is 0 Å². The third-order valence-corrected chi connectivity index (χ3v) is 23.2. The summed E-state index contributed by atoms with van der Waals surface area (Å²) in [7, 11) is 0. The molecule has 29 heteroatoms. The second kappa shape index (κ2) is 25.4. The summed E-state index contributed by atoms with van der Waals surface area (Å²) in [5.41, 5.74) is -3.40. The molecule has 29 nitrogen and oxygen atoms in total. The molecular formula is C59H94O29. The predicted molar refractivity (Wildman–Crippen MR) is 291 cm³/mol. The van der Waals surface area contributed by atoms with Crippen LogP contribution in [0.2, 0.25) is 0 Å². The molecule has 4 saturated carbocycles. The van der Waals surface area contributed by atoms with E-state index in [-0.39, 0.29) is 17.9 Å². The van der Waals surface area contributed by atoms with Gasteiger partial charge in [-0.3, -0.25) is 9.59 Å². The number of aliphatic hydroxyl groups is 16. The average molecular weight is 1270 g/mol. The number of aliphatic hydroxyl groups excluding tert-OH is 16. The second-order valence-corrected chi connectivity index (χ2v) is 28.5. The zero-order valence-corrected chi connectivity index (χ0v) is 50.4. The highest BCUT2D eigenvalue weighted by atomic mass is 16.8. The van der Waals surface area contributed by atoms with E-state index in [1.807, 2.05) is 0 Å². The summed E-state index contributed by atoms with van der Waals surface area (Å²) in [5, 5.41) is 183. The first-order valence-corrected chi connectivity index (χ1v) is 30.9. The average Bonchev–Trinajstić information content (AvgIpc) is 0.693. The van der Waals surface area contributed by atoms with Crippen molar-refractivity contribution >= 4 is 11.9 Å². The van der Waals surface area contributed by atoms with Crippen molar-refractivity contribution in [3.8, 4) is 0 Å². The monoisotopic (exact) mass is 1270 g/mol. The molecule has 0 aromatic rings. The molecule has 0 radical (unpaired) electrons. The van der Waals surface area contributed by atoms with E-state index in [4.69, 9.17) is 47.4 Å². The Morgan fingerprint density at radius 2 is 1.06 bits per heavy atom. The zero-order chi connectivity index (χ0) is 64.3. The third-order valence-electron chi connectivity index (χ3n) is 23.2. The number of hydrogen-bond acceptors (Lipinski definition) is 28. The highest BCUT2D eigenvalue weighted by Crippen LogP contribution is 2.76. The third kappa shape index (κ3) is 11.4. The number of esters is 1. The maximum absolute atomic E-state index is 15.6. The molecule has 5 heterocycles. The number of hydrogen-bond donors (Lipinski definition) is 17. The van der Waals surface area contributed by atoms with Crippen LogP contribution in [0.25, 0.3) is 0 Å². The fourth-order valence-corrected chi connectivity index (χ4v) is 17.5. The van der Waals surface area contributed by atoms with Gasteiger partial charge in [-0.15, -0.1) is 0 Å². The summed E-state index contributed by atoms with van der Waals surface area (Å²) in [6.45, 7) is 9.15. The van der Waals surface area contributed by atoms with Gasteiger partial charge in [0.2, 0.25) is 6.29 Å². The van der Waals surface area contributed by atoms with Gasteiger partial charge < -0.3 is 134 Å². The molecule has 10 aliphatic rings. The molecule has 5 aliphatic heterocycles. The summed E-state index contributed by atoms with van der Waals surface area (Å²) >= 11 is 0. The lowest BCUT2D eigenvalue weighted by atomic mass is 9.33. The van der Waals surface area contributed by atoms with Crippen molar-refractivity contribution < 1.29 is 144 Å². The van der Waals surface area contributed by atoms with Crippen molar-refractivity contribution in [2.45, 2.75) is 259 Å². The lowest BCUT2D eigenvalue weighted by Gasteiger charge is -2.71. The number of fused-ring (bicyclic) bond motifs is 7. The van der Waals surface area contributed by atoms with E-state index in [2.05, 4.69) is 40.7 Å². The van der Waals surface area contributed by atoms with Crippen LogP contribution in [0.3, 0.4) is 0 Å². The van der Waals surface area contributed by atoms with E-state index in [9.17, 15) is 91.6 Å². The summed E-state index contributed by atoms with van der Waals surface area (Å²) in [4.78, 5) is 29.3. The molecule has 0 bridgehead atoms. The van der Waals surface area contributed by atoms with E-state index in [0.717, 1.165) is 5.57 Å². The quantitative estimate of drug-likeness (QED) is 0.0417. The van der Waals surface area contributed by atoms with E-state index in [0.29, 0.717) is 64.2 Å². The summed E-state index contributed by atoms with van der Waals surface area (Å²) in [5.74, 6) is -2.68. The van der Waals surface area contributed by atoms with Crippen LogP contribution in [0.15, 0.2) is 11.6 Å². The maximum atomic E-state index is 15.6. The van der Waals surface area contributed by atoms with Gasteiger partial charge in [-0.05, 0) is 111 Å². The van der Waals surface area contributed by atoms with Crippen molar-refractivity contribution in [2.75, 3.05) is 33.0 Å². The first-order chi connectivity index (χ1) is 41.2. The van der Waals surface area contributed by atoms with Crippen molar-refractivity contribution in [3.05, 3.63) is 11.6 Å². The van der Waals surface area contributed by atoms with E-state index in [1.54, 1.807) is 6.92 Å². The van der Waals surface area contributed by atoms with Crippen molar-refractivity contribution in [1.29, 1.82) is 0 Å². The van der Waals surface area contributed by atoms with E-state index < -0.39 is 231 Å². The van der Waals surface area contributed by atoms with Crippen LogP contribution in [0.4, 0.5) is 0 Å². The Kier molecular flexibility index (Phi) is 19.8. The van der Waals surface area contributed by atoms with Crippen LogP contribution >= 0.6 is 0 Å². The van der Waals surface area contributed by atoms with Crippen molar-refractivity contribution in [1.82, 2.24) is 0 Å². The number of carboxylic acid groups (broad SMARTS) is 1. The zero-order valence-electron chi connectivity index (χ0n) is 50.4. The topological polar surface area (TPSA) is 470 Å². The predicted octanol–water partition coefficient (Wildman–Crippen LogP) is -4.51. The molecule has 5 saturated heterocycles. The Hall–Kier alpha value is -2.32. The Morgan fingerprint density at radius 1 is 0.534 bits per heavy atom. The van der Waals surface area contributed by atoms with Gasteiger partial charge in [-0.25, -0.2) is 0 Å². The number of aliphatic carboxylic acids is 1. The van der Waals surface area contributed by atoms with Crippen LogP contribution in [-0.2, 0) is 57.0 Å². The molecule has 504 valence electrons. The highest BCUT2D eigenvalue weighted by Gasteiger charge is 2.72. The minimum absolute atomic E-state index is 0.0437. The Bertz CT molecular complexity index is 2490. The molecule has 17 N–H and O–H groups in total. The molecule has 9 fully saturated rings. The molecule has 0 aromatic carbocycles. The van der Waals surface area contributed by atoms with Gasteiger partial charge in [0, 0.05) is 0 Å². The Labute approximate surface area is 508 Å². The molecule has 33 atom stereocenters. The molecular weight excluding hydrogens is 1170 g/mol. The van der Waals surface area contributed by atoms with Crippen LogP contribution in [0.1, 0.15) is 106 Å². The molecule has 88 heavy (non-hydrogen) atoms. The first kappa shape index (κ1) is 68.5. The SMILES string of the molecule is CC1(C)CC[C@]2(C(=O)O[C@@H]3O[C@H](CO[C@@H]4O[C@H](CO[C@H]5O[C@H](CO)[C@H](O)[C@H](O)[C@H]5O)[C@@H](O)[C@H](O)[C@H]4O)[C@@H](O)[C@H](O[C@@H]4O[C@H](CO)[C@@H](O)[C@H](O)[C@H]4O)[C@H]3O)CC[C@]3(C)C(=CC[C@@H]4[C@@]5(C)CC[C@H](O[C@@H]6OC[C@@H](O)[C@H](O)[C@H]6O)[C@@](C)(C(=O)O)[C@@H]5CC[C@]43C)[C@@H]2C1. The van der Waals surface area contributed by atoms with Crippen LogP contribution in [0, 0.1) is 50.2 Å². The van der Waals surface area contributed by atoms with E-state index in [1.165, 1.54) is 0 Å². The van der Waals surface area contributed by atoms with Gasteiger partial charge in [0.1, 0.15) is 116 Å². The molecule has 0 aromatic heterocycles. The van der Waals surface area contributed by atoms with Crippen molar-refractivity contribution in [2.24, 2.45) is 50.2 Å². The largest absolute Gasteiger partial charge is 0.481 e. The van der Waals surface area contributed by atoms with E-state index >= 15 is 4.79 Å². The standard InChI is InChI=1S/C59H94O29/c1-54(2)13-15-59(16-14-56(4)23(24(59)17-54)7-8-30-55(3)11-10-32(86-49-41(71)33(63)25(62)20-79-49)58(6,52(76)77)31(55)9-12-57(30,56)5)53(78)88-51-45(75)46(87-50-44(74)39(69)35(65)27(19-61)83-50)37(67)29(85-51)22-81-48-43(73)40(70)36(66)28(84-48)21-80-47-42(72)38(68)34(64)26(18-60)82-47/h7,24-51,60-75H,8-22H2,1-6H3,(H,76,77)/t24-,25+,26+,27+,28+,29+,30+,31+,32-,33-,34-,35+,36+,37+,38-,39-,40-,41+,42+,43+,44+,45+,46-,47-,48+,49-,50-,51-,55+,56+,57+,58-,59-/m0/s1. The molecule has 5 aliphatic carbocycles. The summed E-state index contributed by atoms with van der Waals surface area (Å²) in [6.07, 6.45) is -36.4. The van der Waals surface area contributed by atoms with Crippen LogP contribution in [-0.4, -0.2) is 285 Å². The van der Waals surface area contributed by atoms with Gasteiger partial charge in [0.05, 0.1) is 50.0 Å². The van der Waals surface area contributed by atoms with Crippen LogP contribution in [0.5, 0.6) is 0 Å². The lowest BCUT2D eigenvalue weighted by Crippen LogP contribution is -2.67. The summed E-state index contributed by atoms with van der Waals surface area (Å²) < 4.78 is 58.6. The fourth-order valence-electron chi connectivity index (χ4n) is 17.5. The minimum Gasteiger partial charge on any atom is -0.481 e. The van der Waals surface area contributed by atoms with Crippen LogP contribution < -0.4 is 0 Å². The number of carbonyl (C=O) groups excluding carboxylic acids is 1. The Morgan fingerprint density at radius 3 is 1.65 bits per heavy atom. The number of carbonyl (C=O) groups is 2. The number of ether oxygens (including phenoxy) is 10.